The third-order valence-corrected chi connectivity index (χ3v) is 4.00. The monoisotopic (exact) mass is 338 g/mol. The first-order chi connectivity index (χ1) is 10.9. The molecule has 2 aromatic rings. The highest BCUT2D eigenvalue weighted by molar-refractivity contribution is 7.08. The van der Waals surface area contributed by atoms with Gasteiger partial charge in [-0.15, -0.1) is 0 Å². The van der Waals surface area contributed by atoms with Crippen molar-refractivity contribution >= 4 is 17.2 Å². The van der Waals surface area contributed by atoms with Crippen molar-refractivity contribution in [3.63, 3.8) is 0 Å². The summed E-state index contributed by atoms with van der Waals surface area (Å²) in [6.45, 7) is 0. The molecule has 0 saturated heterocycles. The molecular weight excluding hydrogens is 325 g/mol. The molecule has 0 spiro atoms. The maximum atomic E-state index is 13.2. The highest BCUT2D eigenvalue weighted by Crippen LogP contribution is 2.37. The average Bonchev–Trinajstić information content (AvgIpc) is 3.04. The standard InChI is InChI=1S/C16H13F3N2OS/c17-16(18,19)13(11-4-2-1-3-5-11)8-15(22)21-14(9-20)12-6-7-23-10-12/h1-7,10,13-14H,8H2,(H,21,22)/t13-,14-/m0/s1. The molecule has 1 aromatic carbocycles. The number of nitriles is 1. The van der Waals surface area contributed by atoms with E-state index in [2.05, 4.69) is 5.32 Å². The number of carbonyl (C=O) groups excluding carboxylic acids is 1. The molecule has 0 aliphatic rings. The summed E-state index contributed by atoms with van der Waals surface area (Å²) in [5.74, 6) is -2.71. The summed E-state index contributed by atoms with van der Waals surface area (Å²) in [6.07, 6.45) is -5.29. The maximum Gasteiger partial charge on any atom is 0.396 e. The summed E-state index contributed by atoms with van der Waals surface area (Å²) in [5, 5.41) is 14.8. The highest BCUT2D eigenvalue weighted by atomic mass is 32.1. The van der Waals surface area contributed by atoms with Crippen LogP contribution in [0.1, 0.15) is 29.5 Å². The fourth-order valence-corrected chi connectivity index (χ4v) is 2.83. The number of alkyl halides is 3. The van der Waals surface area contributed by atoms with Crippen LogP contribution in [-0.2, 0) is 4.79 Å². The smallest absolute Gasteiger partial charge is 0.337 e. The lowest BCUT2D eigenvalue weighted by molar-refractivity contribution is -0.157. The van der Waals surface area contributed by atoms with E-state index in [4.69, 9.17) is 5.26 Å². The predicted molar refractivity (Wildman–Crippen MR) is 80.7 cm³/mol. The average molecular weight is 338 g/mol. The molecular formula is C16H13F3N2OS. The molecule has 0 aliphatic carbocycles. The Labute approximate surface area is 135 Å². The van der Waals surface area contributed by atoms with Gasteiger partial charge in [0.15, 0.2) is 0 Å². The van der Waals surface area contributed by atoms with E-state index in [9.17, 15) is 18.0 Å². The van der Waals surface area contributed by atoms with E-state index in [-0.39, 0.29) is 5.56 Å². The molecule has 1 N–H and O–H groups in total. The van der Waals surface area contributed by atoms with Gasteiger partial charge in [-0.1, -0.05) is 30.3 Å². The van der Waals surface area contributed by atoms with Gasteiger partial charge in [0, 0.05) is 6.42 Å². The lowest BCUT2D eigenvalue weighted by atomic mass is 9.94. The van der Waals surface area contributed by atoms with Crippen LogP contribution in [0.3, 0.4) is 0 Å². The number of halogens is 3. The number of amides is 1. The molecule has 0 radical (unpaired) electrons. The molecule has 0 unspecified atom stereocenters. The number of nitrogens with zero attached hydrogens (tertiary/aromatic N) is 1. The Hall–Kier alpha value is -2.33. The number of hydrogen-bond donors (Lipinski definition) is 1. The molecule has 1 aromatic heterocycles. The van der Waals surface area contributed by atoms with Gasteiger partial charge >= 0.3 is 6.18 Å². The van der Waals surface area contributed by atoms with Gasteiger partial charge in [0.2, 0.25) is 5.91 Å². The van der Waals surface area contributed by atoms with Crippen LogP contribution in [0.4, 0.5) is 13.2 Å². The predicted octanol–water partition coefficient (Wildman–Crippen LogP) is 4.17. The van der Waals surface area contributed by atoms with Gasteiger partial charge in [-0.3, -0.25) is 4.79 Å². The minimum atomic E-state index is -4.54. The van der Waals surface area contributed by atoms with Gasteiger partial charge in [0.05, 0.1) is 12.0 Å². The zero-order valence-corrected chi connectivity index (χ0v) is 12.7. The van der Waals surface area contributed by atoms with E-state index in [1.54, 1.807) is 22.9 Å². The van der Waals surface area contributed by atoms with Gasteiger partial charge in [0.1, 0.15) is 6.04 Å². The molecule has 120 valence electrons. The van der Waals surface area contributed by atoms with Crippen molar-refractivity contribution in [1.29, 1.82) is 5.26 Å². The van der Waals surface area contributed by atoms with Crippen LogP contribution in [-0.4, -0.2) is 12.1 Å². The summed E-state index contributed by atoms with van der Waals surface area (Å²) in [4.78, 5) is 12.0. The first-order valence-electron chi connectivity index (χ1n) is 6.74. The number of carbonyl (C=O) groups is 1. The molecule has 0 bridgehead atoms. The molecule has 3 nitrogen and oxygen atoms in total. The topological polar surface area (TPSA) is 52.9 Å². The van der Waals surface area contributed by atoms with Crippen LogP contribution in [0, 0.1) is 11.3 Å². The Morgan fingerprint density at radius 1 is 1.22 bits per heavy atom. The summed E-state index contributed by atoms with van der Waals surface area (Å²) in [7, 11) is 0. The third-order valence-electron chi connectivity index (χ3n) is 3.30. The first kappa shape index (κ1) is 17.0. The number of nitrogens with one attached hydrogen (secondary N) is 1. The molecule has 7 heteroatoms. The Morgan fingerprint density at radius 3 is 2.43 bits per heavy atom. The summed E-state index contributed by atoms with van der Waals surface area (Å²) < 4.78 is 39.6. The maximum absolute atomic E-state index is 13.2. The van der Waals surface area contributed by atoms with Crippen molar-refractivity contribution in [1.82, 2.24) is 5.32 Å². The van der Waals surface area contributed by atoms with E-state index in [1.165, 1.54) is 35.6 Å². The van der Waals surface area contributed by atoms with Crippen molar-refractivity contribution in [3.8, 4) is 6.07 Å². The van der Waals surface area contributed by atoms with Crippen LogP contribution in [0.25, 0.3) is 0 Å². The molecule has 0 saturated carbocycles. The van der Waals surface area contributed by atoms with Crippen molar-refractivity contribution in [2.24, 2.45) is 0 Å². The Kier molecular flexibility index (Phi) is 5.40. The van der Waals surface area contributed by atoms with Gasteiger partial charge in [-0.05, 0) is 28.0 Å². The summed E-state index contributed by atoms with van der Waals surface area (Å²) in [6, 6.07) is 9.86. The number of hydrogen-bond acceptors (Lipinski definition) is 3. The van der Waals surface area contributed by atoms with Crippen molar-refractivity contribution < 1.29 is 18.0 Å². The van der Waals surface area contributed by atoms with E-state index < -0.39 is 30.5 Å². The largest absolute Gasteiger partial charge is 0.396 e. The Balaban J connectivity index is 2.11. The van der Waals surface area contributed by atoms with E-state index >= 15 is 0 Å². The quantitative estimate of drug-likeness (QED) is 0.890. The van der Waals surface area contributed by atoms with Gasteiger partial charge in [-0.25, -0.2) is 0 Å². The van der Waals surface area contributed by atoms with Crippen LogP contribution >= 0.6 is 11.3 Å². The van der Waals surface area contributed by atoms with Crippen LogP contribution < -0.4 is 5.32 Å². The van der Waals surface area contributed by atoms with Crippen molar-refractivity contribution in [2.75, 3.05) is 0 Å². The first-order valence-corrected chi connectivity index (χ1v) is 7.69. The number of rotatable bonds is 5. The van der Waals surface area contributed by atoms with Gasteiger partial charge in [-0.2, -0.15) is 29.8 Å². The third kappa shape index (κ3) is 4.57. The SMILES string of the molecule is N#C[C@H](NC(=O)C[C@@H](c1ccccc1)C(F)(F)F)c1ccsc1. The fourth-order valence-electron chi connectivity index (χ4n) is 2.14. The summed E-state index contributed by atoms with van der Waals surface area (Å²) >= 11 is 1.34. The molecule has 1 heterocycles. The van der Waals surface area contributed by atoms with Crippen molar-refractivity contribution in [3.05, 3.63) is 58.3 Å². The van der Waals surface area contributed by atoms with Crippen LogP contribution in [0.15, 0.2) is 47.2 Å². The minimum Gasteiger partial charge on any atom is -0.337 e. The molecule has 1 amide bonds. The Morgan fingerprint density at radius 2 is 1.91 bits per heavy atom. The molecule has 2 rings (SSSR count). The van der Waals surface area contributed by atoms with Gasteiger partial charge in [0.25, 0.3) is 0 Å². The second-order valence-electron chi connectivity index (χ2n) is 4.90. The number of thiophene rings is 1. The molecule has 0 aliphatic heterocycles. The van der Waals surface area contributed by atoms with E-state index in [1.807, 2.05) is 6.07 Å². The van der Waals surface area contributed by atoms with Crippen LogP contribution in [0.2, 0.25) is 0 Å². The molecule has 0 fully saturated rings. The zero-order chi connectivity index (χ0) is 16.9. The fraction of sp³-hybridized carbons (Fsp3) is 0.250. The lowest BCUT2D eigenvalue weighted by Gasteiger charge is -2.21. The van der Waals surface area contributed by atoms with E-state index in [0.717, 1.165) is 0 Å². The van der Waals surface area contributed by atoms with Crippen molar-refractivity contribution in [2.45, 2.75) is 24.6 Å². The lowest BCUT2D eigenvalue weighted by Crippen LogP contribution is -2.32. The highest BCUT2D eigenvalue weighted by Gasteiger charge is 2.42. The van der Waals surface area contributed by atoms with Crippen LogP contribution in [0.5, 0.6) is 0 Å². The van der Waals surface area contributed by atoms with Gasteiger partial charge < -0.3 is 5.32 Å². The molecule has 23 heavy (non-hydrogen) atoms. The Bertz CT molecular complexity index is 678. The summed E-state index contributed by atoms with van der Waals surface area (Å²) in [5.41, 5.74) is 0.591. The number of benzene rings is 1. The zero-order valence-electron chi connectivity index (χ0n) is 11.9. The molecule has 2 atom stereocenters. The normalized spacial score (nSPS) is 13.8. The second kappa shape index (κ2) is 7.29. The second-order valence-corrected chi connectivity index (χ2v) is 5.68. The minimum absolute atomic E-state index is 0.0270. The van der Waals surface area contributed by atoms with E-state index in [0.29, 0.717) is 5.56 Å².